The Bertz CT molecular complexity index is 969. The van der Waals surface area contributed by atoms with Crippen molar-refractivity contribution in [3.63, 3.8) is 0 Å². The van der Waals surface area contributed by atoms with Gasteiger partial charge in [-0.25, -0.2) is 9.83 Å². The second-order valence-corrected chi connectivity index (χ2v) is 5.70. The first-order chi connectivity index (χ1) is 11.0. The van der Waals surface area contributed by atoms with E-state index in [0.717, 1.165) is 22.6 Å². The number of rotatable bonds is 2. The molecule has 0 atom stereocenters. The van der Waals surface area contributed by atoms with Gasteiger partial charge in [0.25, 0.3) is 0 Å². The summed E-state index contributed by atoms with van der Waals surface area (Å²) in [5.41, 5.74) is 10.1. The molecule has 2 N–H and O–H groups in total. The lowest BCUT2D eigenvalue weighted by atomic mass is 10.1. The quantitative estimate of drug-likeness (QED) is 0.708. The molecule has 0 amide bonds. The maximum Gasteiger partial charge on any atom is 0.237 e. The Labute approximate surface area is 139 Å². The van der Waals surface area contributed by atoms with Crippen LogP contribution in [0.5, 0.6) is 5.75 Å². The van der Waals surface area contributed by atoms with Crippen molar-refractivity contribution in [2.45, 2.75) is 13.8 Å². The summed E-state index contributed by atoms with van der Waals surface area (Å²) < 4.78 is 7.21. The fourth-order valence-corrected chi connectivity index (χ4v) is 3.03. The first kappa shape index (κ1) is 15.2. The van der Waals surface area contributed by atoms with Gasteiger partial charge in [0.15, 0.2) is 0 Å². The smallest absolute Gasteiger partial charge is 0.237 e. The summed E-state index contributed by atoms with van der Waals surface area (Å²) in [6, 6.07) is 5.59. The van der Waals surface area contributed by atoms with Crippen molar-refractivity contribution >= 4 is 34.1 Å². The van der Waals surface area contributed by atoms with Crippen molar-refractivity contribution in [1.82, 2.24) is 9.55 Å². The third kappa shape index (κ3) is 2.19. The molecule has 1 aromatic carbocycles. The number of anilines is 1. The molecule has 5 nitrogen and oxygen atoms in total. The van der Waals surface area contributed by atoms with Gasteiger partial charge in [-0.3, -0.25) is 4.57 Å². The number of nitrogens with two attached hydrogens (primary N) is 1. The largest absolute Gasteiger partial charge is 0.496 e. The minimum Gasteiger partial charge on any atom is -0.496 e. The van der Waals surface area contributed by atoms with Crippen LogP contribution in [0.15, 0.2) is 24.4 Å². The maximum atomic E-state index is 7.43. The van der Waals surface area contributed by atoms with Crippen LogP contribution in [0.25, 0.3) is 21.6 Å². The fourth-order valence-electron chi connectivity index (χ4n) is 2.87. The number of pyridine rings is 1. The van der Waals surface area contributed by atoms with Gasteiger partial charge in [0.1, 0.15) is 17.2 Å². The van der Waals surface area contributed by atoms with Gasteiger partial charge in [-0.15, -0.1) is 0 Å². The van der Waals surface area contributed by atoms with Gasteiger partial charge in [-0.05, 0) is 31.5 Å². The molecule has 2 aromatic heterocycles. The Morgan fingerprint density at radius 2 is 2.09 bits per heavy atom. The number of fused-ring (bicyclic) bond motifs is 1. The van der Waals surface area contributed by atoms with Crippen LogP contribution in [0.4, 0.5) is 11.5 Å². The van der Waals surface area contributed by atoms with Gasteiger partial charge in [-0.2, -0.15) is 0 Å². The zero-order valence-corrected chi connectivity index (χ0v) is 13.8. The number of benzene rings is 1. The third-order valence-electron chi connectivity index (χ3n) is 3.92. The van der Waals surface area contributed by atoms with E-state index in [4.69, 9.17) is 28.6 Å². The minimum atomic E-state index is 0.351. The van der Waals surface area contributed by atoms with Crippen LogP contribution in [0.2, 0.25) is 5.02 Å². The molecule has 3 rings (SSSR count). The average molecular weight is 327 g/mol. The third-order valence-corrected chi connectivity index (χ3v) is 4.13. The van der Waals surface area contributed by atoms with Gasteiger partial charge in [0.05, 0.1) is 24.4 Å². The Morgan fingerprint density at radius 3 is 2.74 bits per heavy atom. The Kier molecular flexibility index (Phi) is 3.63. The monoisotopic (exact) mass is 326 g/mol. The van der Waals surface area contributed by atoms with Crippen molar-refractivity contribution in [3.05, 3.63) is 52.0 Å². The summed E-state index contributed by atoms with van der Waals surface area (Å²) in [7, 11) is 1.63. The lowest BCUT2D eigenvalue weighted by molar-refractivity contribution is 0.411. The van der Waals surface area contributed by atoms with Crippen molar-refractivity contribution in [2.24, 2.45) is 0 Å². The first-order valence-electron chi connectivity index (χ1n) is 6.97. The van der Waals surface area contributed by atoms with Crippen LogP contribution in [0, 0.1) is 20.4 Å². The van der Waals surface area contributed by atoms with E-state index in [-0.39, 0.29) is 0 Å². The van der Waals surface area contributed by atoms with E-state index >= 15 is 0 Å². The number of hydrogen-bond acceptors (Lipinski definition) is 3. The lowest BCUT2D eigenvalue weighted by Crippen LogP contribution is -2.06. The van der Waals surface area contributed by atoms with Crippen molar-refractivity contribution < 1.29 is 4.74 Å². The van der Waals surface area contributed by atoms with E-state index in [9.17, 15) is 0 Å². The molecule has 0 saturated carbocycles. The van der Waals surface area contributed by atoms with Crippen molar-refractivity contribution in [1.29, 1.82) is 0 Å². The van der Waals surface area contributed by atoms with Crippen molar-refractivity contribution in [2.75, 3.05) is 12.8 Å². The van der Waals surface area contributed by atoms with Gasteiger partial charge >= 0.3 is 0 Å². The summed E-state index contributed by atoms with van der Waals surface area (Å²) >= 11 is 6.03. The molecule has 0 aliphatic carbocycles. The van der Waals surface area contributed by atoms with Crippen LogP contribution in [-0.2, 0) is 0 Å². The number of ether oxygens (including phenoxy) is 1. The van der Waals surface area contributed by atoms with Crippen LogP contribution in [0.1, 0.15) is 11.1 Å². The minimum absolute atomic E-state index is 0.351. The van der Waals surface area contributed by atoms with Crippen LogP contribution in [0.3, 0.4) is 0 Å². The normalized spacial score (nSPS) is 10.7. The van der Waals surface area contributed by atoms with Gasteiger partial charge in [0.2, 0.25) is 5.69 Å². The topological polar surface area (TPSA) is 57.4 Å². The number of hydrogen-bond donors (Lipinski definition) is 1. The maximum absolute atomic E-state index is 7.43. The molecule has 0 fully saturated rings. The number of halogens is 1. The lowest BCUT2D eigenvalue weighted by Gasteiger charge is -2.17. The van der Waals surface area contributed by atoms with Crippen LogP contribution < -0.4 is 10.5 Å². The van der Waals surface area contributed by atoms with E-state index < -0.39 is 0 Å². The molecule has 116 valence electrons. The predicted molar refractivity (Wildman–Crippen MR) is 92.8 cm³/mol. The number of methoxy groups -OCH3 is 1. The second-order valence-electron chi connectivity index (χ2n) is 5.26. The Balaban J connectivity index is 2.48. The van der Waals surface area contributed by atoms with E-state index in [0.29, 0.717) is 27.6 Å². The molecule has 0 radical (unpaired) electrons. The molecule has 0 spiro atoms. The molecular weight excluding hydrogens is 312 g/mol. The van der Waals surface area contributed by atoms with E-state index in [1.54, 1.807) is 23.9 Å². The Morgan fingerprint density at radius 1 is 1.35 bits per heavy atom. The number of aromatic nitrogens is 2. The molecule has 2 heterocycles. The molecular formula is C17H15ClN4O. The summed E-state index contributed by atoms with van der Waals surface area (Å²) in [5.74, 6) is 1.11. The molecule has 0 bridgehead atoms. The van der Waals surface area contributed by atoms with E-state index in [2.05, 4.69) is 9.83 Å². The number of nitrogens with zero attached hydrogens (tertiary/aromatic N) is 3. The highest BCUT2D eigenvalue weighted by atomic mass is 35.5. The summed E-state index contributed by atoms with van der Waals surface area (Å²) in [6.45, 7) is 11.4. The zero-order valence-electron chi connectivity index (χ0n) is 13.0. The van der Waals surface area contributed by atoms with Gasteiger partial charge in [-0.1, -0.05) is 17.7 Å². The molecule has 23 heavy (non-hydrogen) atoms. The highest BCUT2D eigenvalue weighted by Crippen LogP contribution is 2.40. The molecule has 0 saturated heterocycles. The number of nitrogen functional groups attached to an aromatic ring is 1. The fraction of sp³-hybridized carbons (Fsp3) is 0.176. The summed E-state index contributed by atoms with van der Waals surface area (Å²) in [6.07, 6.45) is 1.55. The number of aryl methyl sites for hydroxylation is 1. The zero-order chi connectivity index (χ0) is 16.7. The highest BCUT2D eigenvalue weighted by Gasteiger charge is 2.21. The SMILES string of the molecule is [C-]#[N+]c1c(N)n(-c2c(C)ccc(OC)c2C)c2ncc(Cl)cc12. The van der Waals surface area contributed by atoms with E-state index in [1.807, 2.05) is 26.0 Å². The Hall–Kier alpha value is -2.71. The standard InChI is InChI=1S/C17H15ClN4O/c1-9-5-6-13(23-4)10(2)15(9)22-16(19)14(20-3)12-7-11(18)8-21-17(12)22/h5-8H,19H2,1-2,4H3. The van der Waals surface area contributed by atoms with Crippen molar-refractivity contribution in [3.8, 4) is 11.4 Å². The van der Waals surface area contributed by atoms with Gasteiger partial charge < -0.3 is 10.5 Å². The van der Waals surface area contributed by atoms with Crippen LogP contribution >= 0.6 is 11.6 Å². The average Bonchev–Trinajstić information content (AvgIpc) is 2.79. The molecule has 0 aliphatic rings. The molecule has 0 unspecified atom stereocenters. The molecule has 6 heteroatoms. The highest BCUT2D eigenvalue weighted by molar-refractivity contribution is 6.31. The van der Waals surface area contributed by atoms with Gasteiger partial charge in [0, 0.05) is 17.1 Å². The summed E-state index contributed by atoms with van der Waals surface area (Å²) in [4.78, 5) is 7.95. The first-order valence-corrected chi connectivity index (χ1v) is 7.34. The predicted octanol–water partition coefficient (Wildman–Crippen LogP) is 4.44. The second kappa shape index (κ2) is 5.49. The van der Waals surface area contributed by atoms with E-state index in [1.165, 1.54) is 0 Å². The van der Waals surface area contributed by atoms with Crippen LogP contribution in [-0.4, -0.2) is 16.7 Å². The molecule has 0 aliphatic heterocycles. The summed E-state index contributed by atoms with van der Waals surface area (Å²) in [5, 5.41) is 1.12. The molecule has 3 aromatic rings.